The number of carbonyl (C=O) groups is 1. The first-order valence-corrected chi connectivity index (χ1v) is 3.42. The van der Waals surface area contributed by atoms with Gasteiger partial charge < -0.3 is 16.6 Å². The van der Waals surface area contributed by atoms with Crippen molar-refractivity contribution in [3.63, 3.8) is 0 Å². The largest absolute Gasteiger partial charge is 0.465 e. The molecule has 0 aliphatic carbocycles. The highest BCUT2D eigenvalue weighted by atomic mass is 16.4. The summed E-state index contributed by atoms with van der Waals surface area (Å²) in [6.45, 7) is 0. The highest BCUT2D eigenvalue weighted by molar-refractivity contribution is 5.94. The van der Waals surface area contributed by atoms with Crippen LogP contribution in [-0.2, 0) is 0 Å². The van der Waals surface area contributed by atoms with Gasteiger partial charge in [0.1, 0.15) is 5.84 Å². The van der Waals surface area contributed by atoms with E-state index in [0.717, 1.165) is 5.56 Å². The van der Waals surface area contributed by atoms with Crippen molar-refractivity contribution in [3.05, 3.63) is 35.9 Å². The van der Waals surface area contributed by atoms with Crippen LogP contribution < -0.4 is 11.5 Å². The second-order valence-corrected chi connectivity index (χ2v) is 2.12. The zero-order valence-corrected chi connectivity index (χ0v) is 6.90. The van der Waals surface area contributed by atoms with Crippen LogP contribution >= 0.6 is 0 Å². The molecule has 1 aromatic rings. The van der Waals surface area contributed by atoms with Gasteiger partial charge in [-0.25, -0.2) is 4.79 Å². The highest BCUT2D eigenvalue weighted by Crippen LogP contribution is 1.94. The maximum atomic E-state index is 8.78. The molecule has 0 aromatic heterocycles. The molecule has 0 atom stereocenters. The van der Waals surface area contributed by atoms with Gasteiger partial charge >= 0.3 is 6.09 Å². The Morgan fingerprint density at radius 3 is 1.85 bits per heavy atom. The summed E-state index contributed by atoms with van der Waals surface area (Å²) >= 11 is 0. The number of hydrogen-bond donors (Lipinski definition) is 4. The molecule has 0 fully saturated rings. The van der Waals surface area contributed by atoms with Crippen molar-refractivity contribution in [2.75, 3.05) is 0 Å². The van der Waals surface area contributed by atoms with Crippen molar-refractivity contribution in [1.82, 2.24) is 0 Å². The number of carboxylic acid groups (broad SMARTS) is 1. The van der Waals surface area contributed by atoms with E-state index in [2.05, 4.69) is 5.73 Å². The standard InChI is InChI=1S/C7H8N2.CH3NO2/c8-7(9)6-4-2-1-3-5-6;2-1(3)4/h1-5H,(H3,8,9);2H2,(H,3,4). The summed E-state index contributed by atoms with van der Waals surface area (Å²) in [5.74, 6) is 0.121. The van der Waals surface area contributed by atoms with Crippen LogP contribution in [0.5, 0.6) is 0 Å². The van der Waals surface area contributed by atoms with E-state index in [4.69, 9.17) is 21.0 Å². The number of nitrogen functional groups attached to an aromatic ring is 1. The molecule has 70 valence electrons. The minimum atomic E-state index is -1.33. The van der Waals surface area contributed by atoms with Gasteiger partial charge in [-0.05, 0) is 0 Å². The van der Waals surface area contributed by atoms with Gasteiger partial charge in [0, 0.05) is 5.56 Å². The van der Waals surface area contributed by atoms with Gasteiger partial charge in [-0.2, -0.15) is 0 Å². The third kappa shape index (κ3) is 6.36. The van der Waals surface area contributed by atoms with Crippen LogP contribution in [0.25, 0.3) is 0 Å². The van der Waals surface area contributed by atoms with E-state index < -0.39 is 6.09 Å². The van der Waals surface area contributed by atoms with Crippen molar-refractivity contribution in [2.24, 2.45) is 11.5 Å². The lowest BCUT2D eigenvalue weighted by Gasteiger charge is -1.93. The lowest BCUT2D eigenvalue weighted by atomic mass is 10.2. The summed E-state index contributed by atoms with van der Waals surface area (Å²) in [5.41, 5.74) is 10.0. The first kappa shape index (κ1) is 11.0. The number of rotatable bonds is 1. The Morgan fingerprint density at radius 2 is 1.62 bits per heavy atom. The maximum Gasteiger partial charge on any atom is 0.402 e. The summed E-state index contributed by atoms with van der Waals surface area (Å²) in [4.78, 5) is 8.78. The fraction of sp³-hybridized carbons (Fsp3) is 0. The summed E-state index contributed by atoms with van der Waals surface area (Å²) in [7, 11) is 0. The third-order valence-electron chi connectivity index (χ3n) is 1.08. The predicted molar refractivity (Wildman–Crippen MR) is 49.7 cm³/mol. The highest BCUT2D eigenvalue weighted by Gasteiger charge is 1.89. The van der Waals surface area contributed by atoms with Gasteiger partial charge in [-0.1, -0.05) is 30.3 Å². The Hall–Kier alpha value is -2.04. The van der Waals surface area contributed by atoms with Crippen LogP contribution in [0.3, 0.4) is 0 Å². The average Bonchev–Trinajstić information content (AvgIpc) is 2.05. The number of primary amides is 1. The van der Waals surface area contributed by atoms with Crippen LogP contribution in [0.4, 0.5) is 4.79 Å². The quantitative estimate of drug-likeness (QED) is 0.375. The van der Waals surface area contributed by atoms with E-state index in [1.807, 2.05) is 30.3 Å². The molecule has 0 saturated heterocycles. The number of benzene rings is 1. The lowest BCUT2D eigenvalue weighted by molar-refractivity contribution is 0.205. The Labute approximate surface area is 75.5 Å². The van der Waals surface area contributed by atoms with Gasteiger partial charge in [0.05, 0.1) is 0 Å². The summed E-state index contributed by atoms with van der Waals surface area (Å²) < 4.78 is 0. The van der Waals surface area contributed by atoms with Crippen molar-refractivity contribution in [3.8, 4) is 0 Å². The molecule has 1 amide bonds. The molecule has 0 saturated carbocycles. The molecule has 13 heavy (non-hydrogen) atoms. The second-order valence-electron chi connectivity index (χ2n) is 2.12. The van der Waals surface area contributed by atoms with E-state index in [1.165, 1.54) is 0 Å². The maximum absolute atomic E-state index is 8.78. The van der Waals surface area contributed by atoms with E-state index in [9.17, 15) is 0 Å². The minimum absolute atomic E-state index is 0.121. The molecule has 1 rings (SSSR count). The Balaban J connectivity index is 0.000000310. The monoisotopic (exact) mass is 181 g/mol. The molecule has 0 aliphatic rings. The van der Waals surface area contributed by atoms with Crippen molar-refractivity contribution in [1.29, 1.82) is 5.41 Å². The second kappa shape index (κ2) is 5.59. The van der Waals surface area contributed by atoms with Gasteiger partial charge in [-0.3, -0.25) is 5.41 Å². The number of nitrogens with two attached hydrogens (primary N) is 2. The first-order valence-electron chi connectivity index (χ1n) is 3.42. The van der Waals surface area contributed by atoms with Gasteiger partial charge in [0.15, 0.2) is 0 Å². The molecular weight excluding hydrogens is 170 g/mol. The first-order chi connectivity index (χ1) is 6.04. The average molecular weight is 181 g/mol. The van der Waals surface area contributed by atoms with Gasteiger partial charge in [0.2, 0.25) is 0 Å². The van der Waals surface area contributed by atoms with Crippen molar-refractivity contribution < 1.29 is 9.90 Å². The summed E-state index contributed by atoms with van der Waals surface area (Å²) in [6, 6.07) is 9.23. The summed E-state index contributed by atoms with van der Waals surface area (Å²) in [5, 5.41) is 14.2. The zero-order chi connectivity index (χ0) is 10.3. The van der Waals surface area contributed by atoms with E-state index in [0.29, 0.717) is 0 Å². The molecule has 0 spiro atoms. The fourth-order valence-electron chi connectivity index (χ4n) is 0.618. The molecule has 0 heterocycles. The SMILES string of the molecule is N=C(N)c1ccccc1.NC(=O)O. The Kier molecular flexibility index (Phi) is 4.71. The third-order valence-corrected chi connectivity index (χ3v) is 1.08. The predicted octanol–water partition coefficient (Wildman–Crippen LogP) is 0.594. The molecule has 5 heteroatoms. The van der Waals surface area contributed by atoms with Crippen molar-refractivity contribution in [2.45, 2.75) is 0 Å². The number of amidine groups is 1. The zero-order valence-electron chi connectivity index (χ0n) is 6.90. The van der Waals surface area contributed by atoms with Crippen molar-refractivity contribution >= 4 is 11.9 Å². The van der Waals surface area contributed by atoms with E-state index in [1.54, 1.807) is 0 Å². The van der Waals surface area contributed by atoms with Crippen LogP contribution in [0.1, 0.15) is 5.56 Å². The molecule has 5 nitrogen and oxygen atoms in total. The molecule has 1 aromatic carbocycles. The molecule has 6 N–H and O–H groups in total. The van der Waals surface area contributed by atoms with Crippen LogP contribution in [0.15, 0.2) is 30.3 Å². The van der Waals surface area contributed by atoms with Crippen LogP contribution in [0, 0.1) is 5.41 Å². The normalized spacial score (nSPS) is 8.00. The van der Waals surface area contributed by atoms with E-state index in [-0.39, 0.29) is 5.84 Å². The topological polar surface area (TPSA) is 113 Å². The number of hydrogen-bond acceptors (Lipinski definition) is 2. The van der Waals surface area contributed by atoms with Gasteiger partial charge in [0.25, 0.3) is 0 Å². The molecule has 0 bridgehead atoms. The lowest BCUT2D eigenvalue weighted by Crippen LogP contribution is -2.10. The Morgan fingerprint density at radius 1 is 1.23 bits per heavy atom. The van der Waals surface area contributed by atoms with Crippen LogP contribution in [-0.4, -0.2) is 17.0 Å². The van der Waals surface area contributed by atoms with E-state index >= 15 is 0 Å². The molecular formula is C8H11N3O2. The van der Waals surface area contributed by atoms with Gasteiger partial charge in [-0.15, -0.1) is 0 Å². The number of amides is 1. The molecule has 0 unspecified atom stereocenters. The summed E-state index contributed by atoms with van der Waals surface area (Å²) in [6.07, 6.45) is -1.33. The minimum Gasteiger partial charge on any atom is -0.465 e. The van der Waals surface area contributed by atoms with Crippen LogP contribution in [0.2, 0.25) is 0 Å². The smallest absolute Gasteiger partial charge is 0.402 e. The molecule has 0 radical (unpaired) electrons. The fourth-order valence-corrected chi connectivity index (χ4v) is 0.618. The number of nitrogens with one attached hydrogen (secondary N) is 1. The molecule has 0 aliphatic heterocycles. The Bertz CT molecular complexity index is 281.